The highest BCUT2D eigenvalue weighted by atomic mass is 16.6. The number of carbonyl (C=O) groups excluding carboxylic acids is 3. The second kappa shape index (κ2) is 61.1. The van der Waals surface area contributed by atoms with E-state index in [1.807, 2.05) is 6.08 Å². The molecule has 0 spiro atoms. The van der Waals surface area contributed by atoms with Crippen molar-refractivity contribution in [3.8, 4) is 0 Å². The topological polar surface area (TPSA) is 78.9 Å². The lowest BCUT2D eigenvalue weighted by molar-refractivity contribution is -0.166. The van der Waals surface area contributed by atoms with Gasteiger partial charge in [0.05, 0.1) is 0 Å². The summed E-state index contributed by atoms with van der Waals surface area (Å²) in [5.74, 6) is -0.991. The Hall–Kier alpha value is -3.41. The summed E-state index contributed by atoms with van der Waals surface area (Å²) in [7, 11) is 0. The Morgan fingerprint density at radius 1 is 0.274 bits per heavy atom. The van der Waals surface area contributed by atoms with Crippen molar-refractivity contribution in [1.29, 1.82) is 0 Å². The molecule has 1 atom stereocenters. The maximum Gasteiger partial charge on any atom is 0.306 e. The molecule has 420 valence electrons. The minimum absolute atomic E-state index is 0.105. The van der Waals surface area contributed by atoms with E-state index in [-0.39, 0.29) is 37.5 Å². The van der Waals surface area contributed by atoms with Crippen molar-refractivity contribution in [3.63, 3.8) is 0 Å². The van der Waals surface area contributed by atoms with E-state index in [4.69, 9.17) is 14.2 Å². The fraction of sp³-hybridized carbons (Fsp3) is 0.746. The van der Waals surface area contributed by atoms with Crippen molar-refractivity contribution in [1.82, 2.24) is 0 Å². The highest BCUT2D eigenvalue weighted by molar-refractivity contribution is 5.71. The van der Waals surface area contributed by atoms with Gasteiger partial charge >= 0.3 is 17.9 Å². The maximum atomic E-state index is 12.9. The summed E-state index contributed by atoms with van der Waals surface area (Å²) in [4.78, 5) is 38.2. The van der Waals surface area contributed by atoms with Crippen molar-refractivity contribution in [3.05, 3.63) is 85.1 Å². The average molecular weight is 1020 g/mol. The zero-order chi connectivity index (χ0) is 52.9. The number of ether oxygens (including phenoxy) is 3. The summed E-state index contributed by atoms with van der Waals surface area (Å²) < 4.78 is 16.8. The molecular formula is C67H116O6. The van der Waals surface area contributed by atoms with Crippen molar-refractivity contribution in [2.24, 2.45) is 0 Å². The second-order valence-electron chi connectivity index (χ2n) is 20.6. The number of hydrogen-bond acceptors (Lipinski definition) is 6. The van der Waals surface area contributed by atoms with Gasteiger partial charge in [-0.25, -0.2) is 0 Å². The van der Waals surface area contributed by atoms with E-state index in [1.54, 1.807) is 0 Å². The fourth-order valence-electron chi connectivity index (χ4n) is 8.69. The van der Waals surface area contributed by atoms with Crippen LogP contribution >= 0.6 is 0 Å². The third kappa shape index (κ3) is 59.3. The van der Waals surface area contributed by atoms with E-state index in [9.17, 15) is 14.4 Å². The van der Waals surface area contributed by atoms with Gasteiger partial charge in [0, 0.05) is 19.3 Å². The molecule has 0 rings (SSSR count). The molecule has 0 aromatic carbocycles. The van der Waals surface area contributed by atoms with Crippen LogP contribution in [-0.4, -0.2) is 37.2 Å². The van der Waals surface area contributed by atoms with Crippen LogP contribution in [0.15, 0.2) is 85.1 Å². The van der Waals surface area contributed by atoms with E-state index < -0.39 is 6.10 Å². The predicted molar refractivity (Wildman–Crippen MR) is 316 cm³/mol. The van der Waals surface area contributed by atoms with Crippen LogP contribution in [0.5, 0.6) is 0 Å². The fourth-order valence-corrected chi connectivity index (χ4v) is 8.69. The van der Waals surface area contributed by atoms with E-state index in [0.29, 0.717) is 19.3 Å². The van der Waals surface area contributed by atoms with Gasteiger partial charge in [-0.15, -0.1) is 0 Å². The van der Waals surface area contributed by atoms with E-state index >= 15 is 0 Å². The average Bonchev–Trinajstić information content (AvgIpc) is 3.39. The van der Waals surface area contributed by atoms with Gasteiger partial charge in [-0.1, -0.05) is 279 Å². The van der Waals surface area contributed by atoms with Crippen LogP contribution in [0, 0.1) is 0 Å². The van der Waals surface area contributed by atoms with Gasteiger partial charge < -0.3 is 14.2 Å². The molecular weight excluding hydrogens is 901 g/mol. The van der Waals surface area contributed by atoms with Crippen LogP contribution in [-0.2, 0) is 28.6 Å². The number of hydrogen-bond donors (Lipinski definition) is 0. The highest BCUT2D eigenvalue weighted by Gasteiger charge is 2.19. The Morgan fingerprint density at radius 2 is 0.521 bits per heavy atom. The molecule has 0 aromatic rings. The predicted octanol–water partition coefficient (Wildman–Crippen LogP) is 21.1. The Labute approximate surface area is 452 Å². The van der Waals surface area contributed by atoms with Gasteiger partial charge in [0.25, 0.3) is 0 Å². The Kier molecular flexibility index (Phi) is 58.3. The maximum absolute atomic E-state index is 12.9. The molecule has 0 bridgehead atoms. The second-order valence-corrected chi connectivity index (χ2v) is 20.6. The van der Waals surface area contributed by atoms with E-state index in [1.165, 1.54) is 167 Å². The molecule has 6 heteroatoms. The standard InChI is InChI=1S/C67H116O6/c1-4-7-10-13-16-19-22-25-28-30-32-33-35-37-40-43-46-49-52-55-58-61-67(70)73-64(62-71-65(68)59-56-53-50-47-44-41-38-27-24-21-18-15-12-9-6-3)63-72-66(69)60-57-54-51-48-45-42-39-36-34-31-29-26-23-20-17-14-11-8-5-2/h17-18,20-21,26-27,29,34,36,38,42,45,51,54,64H,4-16,19,22-25,28,30-33,35,37,39-41,43-44,46-50,52-53,55-63H2,1-3H3/b20-17-,21-18-,29-26-,36-34-,38-27-,45-42-,54-51-/t64-/m0/s1. The minimum atomic E-state index is -0.812. The first-order chi connectivity index (χ1) is 36.0. The molecule has 6 nitrogen and oxygen atoms in total. The Bertz CT molecular complexity index is 1400. The highest BCUT2D eigenvalue weighted by Crippen LogP contribution is 2.16. The van der Waals surface area contributed by atoms with Crippen LogP contribution in [0.4, 0.5) is 0 Å². The van der Waals surface area contributed by atoms with Gasteiger partial charge in [0.15, 0.2) is 6.10 Å². The lowest BCUT2D eigenvalue weighted by atomic mass is 10.0. The van der Waals surface area contributed by atoms with Crippen LogP contribution in [0.25, 0.3) is 0 Å². The van der Waals surface area contributed by atoms with Gasteiger partial charge in [-0.2, -0.15) is 0 Å². The molecule has 0 aliphatic carbocycles. The first kappa shape index (κ1) is 69.6. The molecule has 73 heavy (non-hydrogen) atoms. The van der Waals surface area contributed by atoms with Crippen molar-refractivity contribution >= 4 is 17.9 Å². The molecule has 0 saturated carbocycles. The number of allylic oxidation sites excluding steroid dienone is 14. The Balaban J connectivity index is 4.46. The summed E-state index contributed by atoms with van der Waals surface area (Å²) in [6, 6.07) is 0. The molecule has 0 amide bonds. The summed E-state index contributed by atoms with van der Waals surface area (Å²) >= 11 is 0. The first-order valence-electron chi connectivity index (χ1n) is 31.1. The molecule has 0 heterocycles. The molecule has 0 N–H and O–H groups in total. The Morgan fingerprint density at radius 3 is 0.877 bits per heavy atom. The zero-order valence-corrected chi connectivity index (χ0v) is 48.1. The van der Waals surface area contributed by atoms with Gasteiger partial charge in [-0.3, -0.25) is 14.4 Å². The van der Waals surface area contributed by atoms with Crippen LogP contribution in [0.2, 0.25) is 0 Å². The molecule has 0 saturated heterocycles. The lowest BCUT2D eigenvalue weighted by Crippen LogP contribution is -2.30. The minimum Gasteiger partial charge on any atom is -0.462 e. The third-order valence-corrected chi connectivity index (χ3v) is 13.4. The monoisotopic (exact) mass is 1020 g/mol. The van der Waals surface area contributed by atoms with Crippen molar-refractivity contribution < 1.29 is 28.6 Å². The van der Waals surface area contributed by atoms with Crippen molar-refractivity contribution in [2.75, 3.05) is 13.2 Å². The SMILES string of the molecule is CCCCC/C=C\C/C=C\C/C=C\C/C=C\C/C=C\CCC(=O)OC[C@H](COC(=O)CCCCCCC/C=C\C/C=C\CCCCC)OC(=O)CCCCCCCCCCCCCCCCCCCCCCC. The first-order valence-corrected chi connectivity index (χ1v) is 31.1. The number of unbranched alkanes of at least 4 members (excludes halogenated alkanes) is 31. The lowest BCUT2D eigenvalue weighted by Gasteiger charge is -2.18. The normalized spacial score (nSPS) is 12.6. The third-order valence-electron chi connectivity index (χ3n) is 13.4. The molecule has 0 unspecified atom stereocenters. The molecule has 0 aliphatic heterocycles. The molecule has 0 aliphatic rings. The van der Waals surface area contributed by atoms with Gasteiger partial charge in [0.2, 0.25) is 0 Å². The number of esters is 3. The largest absolute Gasteiger partial charge is 0.462 e. The van der Waals surface area contributed by atoms with E-state index in [0.717, 1.165) is 89.9 Å². The van der Waals surface area contributed by atoms with Crippen LogP contribution in [0.1, 0.15) is 303 Å². The van der Waals surface area contributed by atoms with Gasteiger partial charge in [-0.05, 0) is 89.9 Å². The molecule has 0 fully saturated rings. The van der Waals surface area contributed by atoms with E-state index in [2.05, 4.69) is 99.8 Å². The summed E-state index contributed by atoms with van der Waals surface area (Å²) in [6.07, 6.45) is 80.2. The molecule has 0 aromatic heterocycles. The number of rotatable bonds is 56. The smallest absolute Gasteiger partial charge is 0.306 e. The molecule has 0 radical (unpaired) electrons. The van der Waals surface area contributed by atoms with Crippen LogP contribution in [0.3, 0.4) is 0 Å². The summed E-state index contributed by atoms with van der Waals surface area (Å²) in [6.45, 7) is 6.54. The quantitative estimate of drug-likeness (QED) is 0.0261. The van der Waals surface area contributed by atoms with Gasteiger partial charge in [0.1, 0.15) is 13.2 Å². The number of carbonyl (C=O) groups is 3. The summed E-state index contributed by atoms with van der Waals surface area (Å²) in [5.41, 5.74) is 0. The zero-order valence-electron chi connectivity index (χ0n) is 48.1. The van der Waals surface area contributed by atoms with Crippen molar-refractivity contribution in [2.45, 2.75) is 309 Å². The summed E-state index contributed by atoms with van der Waals surface area (Å²) in [5, 5.41) is 0. The van der Waals surface area contributed by atoms with Crippen LogP contribution < -0.4 is 0 Å².